The van der Waals surface area contributed by atoms with Crippen LogP contribution in [0.4, 0.5) is 5.13 Å². The fourth-order valence-electron chi connectivity index (χ4n) is 6.09. The van der Waals surface area contributed by atoms with Gasteiger partial charge in [-0.3, -0.25) is 4.98 Å². The van der Waals surface area contributed by atoms with Crippen molar-refractivity contribution in [3.05, 3.63) is 62.6 Å². The van der Waals surface area contributed by atoms with Crippen LogP contribution in [0.2, 0.25) is 10.0 Å². The van der Waals surface area contributed by atoms with Crippen LogP contribution in [0.15, 0.2) is 34.6 Å². The molecule has 7 rings (SSSR count). The molecule has 0 atom stereocenters. The zero-order valence-corrected chi connectivity index (χ0v) is 23.7. The molecule has 7 nitrogen and oxygen atoms in total. The molecule has 1 saturated heterocycles. The Labute approximate surface area is 239 Å². The molecule has 3 aromatic heterocycles. The Balaban J connectivity index is 1.09. The summed E-state index contributed by atoms with van der Waals surface area (Å²) in [7, 11) is 0. The zero-order chi connectivity index (χ0) is 26.9. The first-order valence-corrected chi connectivity index (χ1v) is 14.8. The molecular weight excluding hydrogens is 555 g/mol. The van der Waals surface area contributed by atoms with Gasteiger partial charge in [0.25, 0.3) is 0 Å². The molecule has 10 heteroatoms. The average Bonchev–Trinajstić information content (AvgIpc) is 3.51. The monoisotopic (exact) mass is 580 g/mol. The number of hydrogen-bond acceptors (Lipinski definition) is 7. The predicted octanol–water partition coefficient (Wildman–Crippen LogP) is 8.00. The number of allylic oxidation sites excluding steroid dienone is 1. The third-order valence-electron chi connectivity index (χ3n) is 8.36. The molecule has 2 saturated carbocycles. The maximum atomic E-state index is 11.5. The molecule has 1 aromatic carbocycles. The maximum Gasteiger partial charge on any atom is 0.335 e. The van der Waals surface area contributed by atoms with E-state index in [9.17, 15) is 9.90 Å². The third-order valence-corrected chi connectivity index (χ3v) is 10.00. The highest BCUT2D eigenvalue weighted by molar-refractivity contribution is 7.22. The molecular formula is C29H26Cl2N4O3S. The van der Waals surface area contributed by atoms with Gasteiger partial charge < -0.3 is 14.5 Å². The van der Waals surface area contributed by atoms with Crippen LogP contribution in [0.25, 0.3) is 27.6 Å². The number of aromatic carboxylic acids is 1. The molecule has 3 fully saturated rings. The normalized spacial score (nSPS) is 18.5. The SMILES string of the molecule is Cc1cc(C(=O)O)cc2sc(N3CCC4(CC3)CC(=Cc3c(-c5c(Cl)cncc5Cl)noc3C3CC3)C4)nc12. The summed E-state index contributed by atoms with van der Waals surface area (Å²) in [5.41, 5.74) is 6.25. The number of halogens is 2. The van der Waals surface area contributed by atoms with Crippen LogP contribution in [0.5, 0.6) is 0 Å². The number of hydrogen-bond donors (Lipinski definition) is 1. The van der Waals surface area contributed by atoms with Crippen LogP contribution >= 0.6 is 34.5 Å². The number of carboxylic acid groups (broad SMARTS) is 1. The van der Waals surface area contributed by atoms with Gasteiger partial charge in [0.15, 0.2) is 5.13 Å². The minimum Gasteiger partial charge on any atom is -0.478 e. The molecule has 4 aromatic rings. The van der Waals surface area contributed by atoms with Gasteiger partial charge in [0.05, 0.1) is 25.8 Å². The first-order valence-electron chi connectivity index (χ1n) is 13.2. The molecule has 0 radical (unpaired) electrons. The third kappa shape index (κ3) is 4.42. The summed E-state index contributed by atoms with van der Waals surface area (Å²) >= 11 is 14.5. The van der Waals surface area contributed by atoms with E-state index in [1.54, 1.807) is 35.9 Å². The van der Waals surface area contributed by atoms with Crippen molar-refractivity contribution in [2.75, 3.05) is 18.0 Å². The molecule has 2 aliphatic carbocycles. The second kappa shape index (κ2) is 9.32. The van der Waals surface area contributed by atoms with Crippen molar-refractivity contribution in [1.29, 1.82) is 0 Å². The number of rotatable bonds is 5. The Morgan fingerprint density at radius 2 is 1.90 bits per heavy atom. The lowest BCUT2D eigenvalue weighted by atomic mass is 9.60. The van der Waals surface area contributed by atoms with Crippen molar-refractivity contribution in [3.8, 4) is 11.3 Å². The first kappa shape index (κ1) is 25.1. The largest absolute Gasteiger partial charge is 0.478 e. The number of pyridine rings is 1. The highest BCUT2D eigenvalue weighted by Gasteiger charge is 2.44. The number of carboxylic acids is 1. The van der Waals surface area contributed by atoms with Crippen LogP contribution in [-0.4, -0.2) is 39.3 Å². The Bertz CT molecular complexity index is 1630. The second-order valence-corrected chi connectivity index (χ2v) is 13.0. The molecule has 1 spiro atoms. The van der Waals surface area contributed by atoms with Crippen LogP contribution in [0, 0.1) is 12.3 Å². The number of nitrogens with zero attached hydrogens (tertiary/aromatic N) is 4. The molecule has 0 unspecified atom stereocenters. The number of fused-ring (bicyclic) bond motifs is 1. The highest BCUT2D eigenvalue weighted by Crippen LogP contribution is 2.55. The van der Waals surface area contributed by atoms with Gasteiger partial charge in [-0.25, -0.2) is 9.78 Å². The molecule has 0 bridgehead atoms. The maximum absolute atomic E-state index is 11.5. The number of anilines is 1. The Morgan fingerprint density at radius 3 is 2.56 bits per heavy atom. The molecule has 0 amide bonds. The summed E-state index contributed by atoms with van der Waals surface area (Å²) in [6, 6.07) is 3.44. The van der Waals surface area contributed by atoms with Crippen molar-refractivity contribution in [2.24, 2.45) is 5.41 Å². The van der Waals surface area contributed by atoms with Crippen molar-refractivity contribution < 1.29 is 14.4 Å². The summed E-state index contributed by atoms with van der Waals surface area (Å²) in [6.07, 6.45) is 12.0. The van der Waals surface area contributed by atoms with Crippen LogP contribution in [-0.2, 0) is 0 Å². The van der Waals surface area contributed by atoms with Gasteiger partial charge in [-0.05, 0) is 74.6 Å². The first-order chi connectivity index (χ1) is 18.8. The lowest BCUT2D eigenvalue weighted by Crippen LogP contribution is -2.44. The lowest BCUT2D eigenvalue weighted by molar-refractivity contribution is 0.0697. The Hall–Kier alpha value is -2.94. The van der Waals surface area contributed by atoms with Crippen LogP contribution < -0.4 is 4.90 Å². The minimum atomic E-state index is -0.904. The van der Waals surface area contributed by atoms with E-state index in [2.05, 4.69) is 21.1 Å². The van der Waals surface area contributed by atoms with Crippen molar-refractivity contribution in [3.63, 3.8) is 0 Å². The highest BCUT2D eigenvalue weighted by atomic mass is 35.5. The summed E-state index contributed by atoms with van der Waals surface area (Å²) in [6.45, 7) is 3.83. The molecule has 1 aliphatic heterocycles. The number of piperidine rings is 1. The van der Waals surface area contributed by atoms with Gasteiger partial charge >= 0.3 is 5.97 Å². The average molecular weight is 582 g/mol. The van der Waals surface area contributed by atoms with Gasteiger partial charge in [-0.15, -0.1) is 0 Å². The zero-order valence-electron chi connectivity index (χ0n) is 21.3. The number of aromatic nitrogens is 3. The van der Waals surface area contributed by atoms with E-state index >= 15 is 0 Å². The Kier molecular flexibility index (Phi) is 5.99. The van der Waals surface area contributed by atoms with Gasteiger partial charge in [-0.2, -0.15) is 0 Å². The molecule has 39 heavy (non-hydrogen) atoms. The topological polar surface area (TPSA) is 92.3 Å². The van der Waals surface area contributed by atoms with Crippen molar-refractivity contribution in [2.45, 2.75) is 51.4 Å². The van der Waals surface area contributed by atoms with Crippen LogP contribution in [0.1, 0.15) is 71.7 Å². The van der Waals surface area contributed by atoms with E-state index in [-0.39, 0.29) is 0 Å². The Morgan fingerprint density at radius 1 is 1.18 bits per heavy atom. The number of thiazole rings is 1. The van der Waals surface area contributed by atoms with Crippen LogP contribution in [0.3, 0.4) is 0 Å². The number of aryl methyl sites for hydroxylation is 1. The fourth-order valence-corrected chi connectivity index (χ4v) is 7.77. The van der Waals surface area contributed by atoms with Crippen molar-refractivity contribution in [1.82, 2.24) is 15.1 Å². The second-order valence-electron chi connectivity index (χ2n) is 11.1. The molecule has 4 heterocycles. The molecule has 1 N–H and O–H groups in total. The smallest absolute Gasteiger partial charge is 0.335 e. The van der Waals surface area contributed by atoms with Gasteiger partial charge in [0.1, 0.15) is 11.5 Å². The number of carbonyl (C=O) groups is 1. The van der Waals surface area contributed by atoms with E-state index in [0.29, 0.717) is 38.2 Å². The minimum absolute atomic E-state index is 0.314. The van der Waals surface area contributed by atoms with E-state index in [0.717, 1.165) is 83.8 Å². The molecule has 200 valence electrons. The summed E-state index contributed by atoms with van der Waals surface area (Å²) in [5.74, 6) is 0.450. The molecule has 3 aliphatic rings. The standard InChI is InChI=1S/C29H26Cl2N4O3S/c1-15-8-18(27(36)37)10-22-24(15)33-28(39-22)35-6-4-29(5-7-35)11-16(12-29)9-19-25(34-38-26(19)17-2-3-17)23-20(30)13-32-14-21(23)31/h8-10,13-14,17H,2-7,11-12H2,1H3,(H,36,37). The summed E-state index contributed by atoms with van der Waals surface area (Å²) < 4.78 is 6.76. The van der Waals surface area contributed by atoms with E-state index in [4.69, 9.17) is 32.7 Å². The van der Waals surface area contributed by atoms with Gasteiger partial charge in [0.2, 0.25) is 0 Å². The summed E-state index contributed by atoms with van der Waals surface area (Å²) in [5, 5.41) is 15.7. The quantitative estimate of drug-likeness (QED) is 0.255. The van der Waals surface area contributed by atoms with E-state index < -0.39 is 5.97 Å². The van der Waals surface area contributed by atoms with Gasteiger partial charge in [-0.1, -0.05) is 45.3 Å². The lowest BCUT2D eigenvalue weighted by Gasteiger charge is -2.49. The predicted molar refractivity (Wildman–Crippen MR) is 154 cm³/mol. The number of benzene rings is 1. The fraction of sp³-hybridized carbons (Fsp3) is 0.379. The summed E-state index contributed by atoms with van der Waals surface area (Å²) in [4.78, 5) is 22.8. The van der Waals surface area contributed by atoms with E-state index in [1.165, 1.54) is 5.57 Å². The van der Waals surface area contributed by atoms with Crippen molar-refractivity contribution >= 4 is 61.9 Å². The van der Waals surface area contributed by atoms with E-state index in [1.807, 2.05) is 6.92 Å². The van der Waals surface area contributed by atoms with Gasteiger partial charge in [0, 0.05) is 42.5 Å².